The minimum absolute atomic E-state index is 0. The standard InChI is InChI=1S/3Na.H2O3S.3H/c;;;1-4(2)3;;;/h;;;4H,(H,1,2,3);;;. The van der Waals surface area contributed by atoms with E-state index < -0.39 is 11.0 Å². The van der Waals surface area contributed by atoms with Crippen LogP contribution in [-0.2, 0) is 11.0 Å². The van der Waals surface area contributed by atoms with Gasteiger partial charge in [0.25, 0.3) is 11.0 Å². The zero-order chi connectivity index (χ0) is 3.58. The molecule has 0 aliphatic carbocycles. The number of thiol groups is 1. The van der Waals surface area contributed by atoms with E-state index in [-0.39, 0.29) is 88.7 Å². The van der Waals surface area contributed by atoms with Crippen LogP contribution in [0.25, 0.3) is 0 Å². The van der Waals surface area contributed by atoms with Crippen LogP contribution in [0.2, 0.25) is 0 Å². The molecule has 0 unspecified atom stereocenters. The Bertz CT molecular complexity index is 58.6. The van der Waals surface area contributed by atoms with Gasteiger partial charge in [-0.15, -0.1) is 0 Å². The van der Waals surface area contributed by atoms with Gasteiger partial charge < -0.3 is 0 Å². The van der Waals surface area contributed by atoms with Gasteiger partial charge in [-0.2, -0.15) is 0 Å². The molecule has 0 aliphatic heterocycles. The van der Waals surface area contributed by atoms with E-state index in [0.29, 0.717) is 0 Å². The molecule has 0 aliphatic rings. The van der Waals surface area contributed by atoms with Gasteiger partial charge in [0.2, 0.25) is 0 Å². The molecule has 0 rings (SSSR count). The Morgan fingerprint density at radius 1 is 1.00 bits per heavy atom. The van der Waals surface area contributed by atoms with Crippen molar-refractivity contribution in [3.8, 4) is 0 Å². The summed E-state index contributed by atoms with van der Waals surface area (Å²) in [6, 6.07) is 0. The van der Waals surface area contributed by atoms with E-state index in [1.165, 1.54) is 0 Å². The molecule has 7 heavy (non-hydrogen) atoms. The van der Waals surface area contributed by atoms with Crippen LogP contribution in [0.5, 0.6) is 0 Å². The normalized spacial score (nSPS) is 4.86. The number of hydrogen-bond donors (Lipinski definition) is 2. The third-order valence-electron chi connectivity index (χ3n) is 0. The molecular formula is H5Na3O3S. The van der Waals surface area contributed by atoms with Crippen molar-refractivity contribution in [2.24, 2.45) is 0 Å². The molecule has 32 valence electrons. The molecule has 3 nitrogen and oxygen atoms in total. The summed E-state index contributed by atoms with van der Waals surface area (Å²) < 4.78 is 24.2. The van der Waals surface area contributed by atoms with Gasteiger partial charge in [-0.05, 0) is 0 Å². The summed E-state index contributed by atoms with van der Waals surface area (Å²) >= 11 is 0. The fraction of sp³-hybridized carbons (Fsp3) is 0. The first-order valence-electron chi connectivity index (χ1n) is 0.565. The van der Waals surface area contributed by atoms with Crippen LogP contribution in [0, 0.1) is 0 Å². The van der Waals surface area contributed by atoms with Crippen LogP contribution in [0.4, 0.5) is 0 Å². The third-order valence-corrected chi connectivity index (χ3v) is 0. The Morgan fingerprint density at radius 3 is 1.00 bits per heavy atom. The van der Waals surface area contributed by atoms with Gasteiger partial charge >= 0.3 is 88.7 Å². The number of hydrogen-bond acceptors (Lipinski definition) is 2. The Labute approximate surface area is 110 Å². The topological polar surface area (TPSA) is 54.4 Å². The van der Waals surface area contributed by atoms with E-state index in [9.17, 15) is 0 Å². The Hall–Kier alpha value is 2.91. The molecule has 7 heteroatoms. The zero-order valence-electron chi connectivity index (χ0n) is 1.71. The second-order valence-corrected chi connectivity index (χ2v) is 0.714. The predicted molar refractivity (Wildman–Crippen MR) is 34.4 cm³/mol. The van der Waals surface area contributed by atoms with Crippen molar-refractivity contribution in [3.05, 3.63) is 0 Å². The van der Waals surface area contributed by atoms with E-state index in [0.717, 1.165) is 0 Å². The molecule has 0 saturated heterocycles. The molecular weight excluding hydrogens is 149 g/mol. The summed E-state index contributed by atoms with van der Waals surface area (Å²) in [5.41, 5.74) is 0. The first kappa shape index (κ1) is 22.5. The van der Waals surface area contributed by atoms with Gasteiger partial charge in [0.15, 0.2) is 0 Å². The molecule has 1 N–H and O–H groups in total. The van der Waals surface area contributed by atoms with E-state index >= 15 is 0 Å². The van der Waals surface area contributed by atoms with Crippen molar-refractivity contribution in [1.29, 1.82) is 0 Å². The summed E-state index contributed by atoms with van der Waals surface area (Å²) in [6.45, 7) is 0. The molecule has 0 atom stereocenters. The van der Waals surface area contributed by atoms with Crippen molar-refractivity contribution in [1.82, 2.24) is 0 Å². The minimum atomic E-state index is -3.12. The second kappa shape index (κ2) is 16.0. The van der Waals surface area contributed by atoms with Gasteiger partial charge in [0, 0.05) is 0 Å². The van der Waals surface area contributed by atoms with Crippen LogP contribution < -0.4 is 0 Å². The maximum atomic E-state index is 8.59. The van der Waals surface area contributed by atoms with E-state index in [2.05, 4.69) is 0 Å². The van der Waals surface area contributed by atoms with Crippen molar-refractivity contribution < 1.29 is 13.0 Å². The maximum absolute atomic E-state index is 8.59. The van der Waals surface area contributed by atoms with Crippen LogP contribution in [0.1, 0.15) is 0 Å². The second-order valence-electron chi connectivity index (χ2n) is 0.238. The van der Waals surface area contributed by atoms with Crippen molar-refractivity contribution in [2.45, 2.75) is 0 Å². The Morgan fingerprint density at radius 2 is 1.00 bits per heavy atom. The molecule has 0 amide bonds. The van der Waals surface area contributed by atoms with Crippen molar-refractivity contribution in [3.63, 3.8) is 0 Å². The molecule has 0 radical (unpaired) electrons. The summed E-state index contributed by atoms with van der Waals surface area (Å²) in [7, 11) is -3.12. The van der Waals surface area contributed by atoms with Gasteiger partial charge in [0.1, 0.15) is 0 Å². The zero-order valence-corrected chi connectivity index (χ0v) is 2.61. The van der Waals surface area contributed by atoms with Crippen LogP contribution in [-0.4, -0.2) is 102 Å². The average molecular weight is 154 g/mol. The van der Waals surface area contributed by atoms with E-state index in [1.54, 1.807) is 0 Å². The molecule has 0 saturated carbocycles. The number of rotatable bonds is 0. The fourth-order valence-corrected chi connectivity index (χ4v) is 0. The van der Waals surface area contributed by atoms with Crippen LogP contribution in [0.3, 0.4) is 0 Å². The monoisotopic (exact) mass is 154 g/mol. The van der Waals surface area contributed by atoms with Crippen molar-refractivity contribution >= 4 is 99.7 Å². The fourth-order valence-electron chi connectivity index (χ4n) is 0. The van der Waals surface area contributed by atoms with Crippen LogP contribution in [0.15, 0.2) is 0 Å². The summed E-state index contributed by atoms with van der Waals surface area (Å²) in [6.07, 6.45) is 0. The predicted octanol–water partition coefficient (Wildman–Crippen LogP) is -2.87. The molecule has 0 bridgehead atoms. The summed E-state index contributed by atoms with van der Waals surface area (Å²) in [5, 5.41) is 0. The third kappa shape index (κ3) is 50.2. The average Bonchev–Trinajstić information content (AvgIpc) is 0.811. The molecule has 0 aromatic heterocycles. The molecule has 0 aromatic carbocycles. The Kier molecular flexibility index (Phi) is 51.4. The van der Waals surface area contributed by atoms with E-state index in [1.807, 2.05) is 0 Å². The van der Waals surface area contributed by atoms with E-state index in [4.69, 9.17) is 13.0 Å². The molecule has 0 spiro atoms. The van der Waals surface area contributed by atoms with Crippen LogP contribution >= 0.6 is 0 Å². The molecule has 0 heterocycles. The Balaban J connectivity index is -0.0000000150. The molecule has 0 fully saturated rings. The first-order chi connectivity index (χ1) is 1.73. The van der Waals surface area contributed by atoms with Gasteiger partial charge in [0.05, 0.1) is 0 Å². The van der Waals surface area contributed by atoms with Gasteiger partial charge in [-0.1, -0.05) is 0 Å². The molecule has 0 aromatic rings. The summed E-state index contributed by atoms with van der Waals surface area (Å²) in [4.78, 5) is 0. The summed E-state index contributed by atoms with van der Waals surface area (Å²) in [5.74, 6) is 0. The van der Waals surface area contributed by atoms with Gasteiger partial charge in [-0.3, -0.25) is 4.55 Å². The quantitative estimate of drug-likeness (QED) is 0.224. The van der Waals surface area contributed by atoms with Gasteiger partial charge in [-0.25, -0.2) is 8.42 Å². The first-order valence-corrected chi connectivity index (χ1v) is 1.70. The van der Waals surface area contributed by atoms with Crippen molar-refractivity contribution in [2.75, 3.05) is 0 Å². The SMILES string of the molecule is O=[SH](=O)O.[NaH].[NaH].[NaH].